The first-order valence-corrected chi connectivity index (χ1v) is 5.20. The van der Waals surface area contributed by atoms with Crippen molar-refractivity contribution in [1.29, 1.82) is 0 Å². The van der Waals surface area contributed by atoms with Crippen molar-refractivity contribution in [1.82, 2.24) is 5.32 Å². The summed E-state index contributed by atoms with van der Waals surface area (Å²) in [6.07, 6.45) is 2.62. The van der Waals surface area contributed by atoms with Crippen molar-refractivity contribution in [3.8, 4) is 5.75 Å². The zero-order valence-corrected chi connectivity index (χ0v) is 9.04. The molecule has 3 heteroatoms. The van der Waals surface area contributed by atoms with Crippen LogP contribution in [0.15, 0.2) is 18.2 Å². The first kappa shape index (κ1) is 10.0. The maximum absolute atomic E-state index is 11.5. The van der Waals surface area contributed by atoms with Gasteiger partial charge in [0.05, 0.1) is 6.10 Å². The second kappa shape index (κ2) is 3.93. The monoisotopic (exact) mass is 205 g/mol. The average molecular weight is 205 g/mol. The van der Waals surface area contributed by atoms with Crippen LogP contribution in [-0.2, 0) is 0 Å². The van der Waals surface area contributed by atoms with Crippen LogP contribution in [0.2, 0.25) is 0 Å². The molecule has 15 heavy (non-hydrogen) atoms. The van der Waals surface area contributed by atoms with Gasteiger partial charge in [0.25, 0.3) is 5.91 Å². The molecule has 2 rings (SSSR count). The van der Waals surface area contributed by atoms with Crippen molar-refractivity contribution in [2.75, 3.05) is 7.05 Å². The number of carbonyl (C=O) groups is 1. The summed E-state index contributed by atoms with van der Waals surface area (Å²) in [5, 5.41) is 2.62. The van der Waals surface area contributed by atoms with Gasteiger partial charge in [-0.05, 0) is 37.5 Å². The van der Waals surface area contributed by atoms with Crippen LogP contribution in [0.1, 0.15) is 28.8 Å². The molecule has 1 aliphatic rings. The Morgan fingerprint density at radius 2 is 2.20 bits per heavy atom. The molecule has 0 unspecified atom stereocenters. The highest BCUT2D eigenvalue weighted by atomic mass is 16.5. The molecule has 0 radical (unpaired) electrons. The van der Waals surface area contributed by atoms with Gasteiger partial charge in [-0.1, -0.05) is 6.07 Å². The summed E-state index contributed by atoms with van der Waals surface area (Å²) in [6, 6.07) is 5.65. The molecule has 0 spiro atoms. The minimum Gasteiger partial charge on any atom is -0.490 e. The lowest BCUT2D eigenvalue weighted by Crippen LogP contribution is -2.19. The lowest BCUT2D eigenvalue weighted by atomic mass is 10.1. The summed E-state index contributed by atoms with van der Waals surface area (Å²) in [6.45, 7) is 1.92. The van der Waals surface area contributed by atoms with Gasteiger partial charge in [0.1, 0.15) is 5.75 Å². The first-order chi connectivity index (χ1) is 7.20. The second-order valence-electron chi connectivity index (χ2n) is 3.87. The number of nitrogens with one attached hydrogen (secondary N) is 1. The van der Waals surface area contributed by atoms with Crippen LogP contribution >= 0.6 is 0 Å². The number of rotatable bonds is 3. The Bertz CT molecular complexity index is 383. The fourth-order valence-electron chi connectivity index (χ4n) is 1.43. The lowest BCUT2D eigenvalue weighted by Gasteiger charge is -2.08. The summed E-state index contributed by atoms with van der Waals surface area (Å²) in [5.41, 5.74) is 1.66. The summed E-state index contributed by atoms with van der Waals surface area (Å²) in [5.74, 6) is 0.732. The molecule has 0 aliphatic heterocycles. The number of amides is 1. The zero-order valence-electron chi connectivity index (χ0n) is 9.04. The predicted molar refractivity (Wildman–Crippen MR) is 58.2 cm³/mol. The van der Waals surface area contributed by atoms with Gasteiger partial charge in [-0.15, -0.1) is 0 Å². The van der Waals surface area contributed by atoms with Crippen molar-refractivity contribution >= 4 is 5.91 Å². The molecule has 0 atom stereocenters. The lowest BCUT2D eigenvalue weighted by molar-refractivity contribution is 0.0962. The third kappa shape index (κ3) is 2.29. The third-order valence-corrected chi connectivity index (χ3v) is 2.51. The van der Waals surface area contributed by atoms with E-state index >= 15 is 0 Å². The Kier molecular flexibility index (Phi) is 2.62. The molecule has 80 valence electrons. The maximum Gasteiger partial charge on any atom is 0.251 e. The number of aryl methyl sites for hydroxylation is 1. The maximum atomic E-state index is 11.5. The van der Waals surface area contributed by atoms with Gasteiger partial charge in [-0.2, -0.15) is 0 Å². The quantitative estimate of drug-likeness (QED) is 0.818. The minimum atomic E-state index is -0.0613. The molecule has 0 bridgehead atoms. The highest BCUT2D eigenvalue weighted by Crippen LogP contribution is 2.27. The van der Waals surface area contributed by atoms with E-state index < -0.39 is 0 Å². The molecule has 1 saturated carbocycles. The molecule has 1 amide bonds. The van der Waals surface area contributed by atoms with E-state index in [2.05, 4.69) is 5.32 Å². The fraction of sp³-hybridized carbons (Fsp3) is 0.417. The smallest absolute Gasteiger partial charge is 0.251 e. The molecule has 3 nitrogen and oxygen atoms in total. The van der Waals surface area contributed by atoms with Crippen molar-refractivity contribution in [3.05, 3.63) is 29.3 Å². The first-order valence-electron chi connectivity index (χ1n) is 5.20. The van der Waals surface area contributed by atoms with Crippen molar-refractivity contribution in [2.24, 2.45) is 0 Å². The van der Waals surface area contributed by atoms with Crippen LogP contribution in [0.25, 0.3) is 0 Å². The average Bonchev–Trinajstić information content (AvgIpc) is 3.04. The molecule has 1 aromatic carbocycles. The molecule has 1 fully saturated rings. The van der Waals surface area contributed by atoms with Crippen LogP contribution in [0.4, 0.5) is 0 Å². The number of carbonyl (C=O) groups excluding carboxylic acids is 1. The molecular weight excluding hydrogens is 190 g/mol. The van der Waals surface area contributed by atoms with E-state index in [1.807, 2.05) is 25.1 Å². The largest absolute Gasteiger partial charge is 0.490 e. The highest BCUT2D eigenvalue weighted by Gasteiger charge is 2.23. The molecule has 0 saturated heterocycles. The van der Waals surface area contributed by atoms with Gasteiger partial charge in [-0.25, -0.2) is 0 Å². The van der Waals surface area contributed by atoms with Gasteiger partial charge < -0.3 is 10.1 Å². The van der Waals surface area contributed by atoms with E-state index in [0.29, 0.717) is 11.7 Å². The third-order valence-electron chi connectivity index (χ3n) is 2.51. The number of ether oxygens (including phenoxy) is 1. The van der Waals surface area contributed by atoms with Crippen LogP contribution in [0.5, 0.6) is 5.75 Å². The van der Waals surface area contributed by atoms with Crippen molar-refractivity contribution in [2.45, 2.75) is 25.9 Å². The standard InChI is InChI=1S/C12H15NO2/c1-8-3-4-10(15-9-5-6-9)7-11(8)12(14)13-2/h3-4,7,9H,5-6H2,1-2H3,(H,13,14). The number of hydrogen-bond acceptors (Lipinski definition) is 2. The Hall–Kier alpha value is -1.51. The summed E-state index contributed by atoms with van der Waals surface area (Å²) >= 11 is 0. The molecule has 1 aliphatic carbocycles. The van der Waals surface area contributed by atoms with E-state index in [9.17, 15) is 4.79 Å². The summed E-state index contributed by atoms with van der Waals surface area (Å²) in [7, 11) is 1.64. The predicted octanol–water partition coefficient (Wildman–Crippen LogP) is 1.90. The highest BCUT2D eigenvalue weighted by molar-refractivity contribution is 5.95. The van der Waals surface area contributed by atoms with Gasteiger partial charge in [0, 0.05) is 12.6 Å². The summed E-state index contributed by atoms with van der Waals surface area (Å²) < 4.78 is 5.64. The Morgan fingerprint density at radius 3 is 2.80 bits per heavy atom. The fourth-order valence-corrected chi connectivity index (χ4v) is 1.43. The van der Waals surface area contributed by atoms with Crippen molar-refractivity contribution in [3.63, 3.8) is 0 Å². The van der Waals surface area contributed by atoms with Crippen LogP contribution in [0, 0.1) is 6.92 Å². The Balaban J connectivity index is 2.22. The van der Waals surface area contributed by atoms with Crippen LogP contribution in [0.3, 0.4) is 0 Å². The minimum absolute atomic E-state index is 0.0613. The van der Waals surface area contributed by atoms with Crippen LogP contribution in [-0.4, -0.2) is 19.1 Å². The Labute approximate surface area is 89.4 Å². The SMILES string of the molecule is CNC(=O)c1cc(OC2CC2)ccc1C. The van der Waals surface area contributed by atoms with Gasteiger partial charge in [0.2, 0.25) is 0 Å². The molecule has 1 N–H and O–H groups in total. The second-order valence-corrected chi connectivity index (χ2v) is 3.87. The Morgan fingerprint density at radius 1 is 1.47 bits per heavy atom. The molecule has 1 aromatic rings. The molecular formula is C12H15NO2. The number of benzene rings is 1. The van der Waals surface area contributed by atoms with Crippen LogP contribution < -0.4 is 10.1 Å². The van der Waals surface area contributed by atoms with Gasteiger partial charge in [0.15, 0.2) is 0 Å². The molecule has 0 heterocycles. The zero-order chi connectivity index (χ0) is 10.8. The number of hydrogen-bond donors (Lipinski definition) is 1. The van der Waals surface area contributed by atoms with E-state index in [1.54, 1.807) is 7.05 Å². The molecule has 0 aromatic heterocycles. The van der Waals surface area contributed by atoms with E-state index in [0.717, 1.165) is 24.2 Å². The van der Waals surface area contributed by atoms with E-state index in [1.165, 1.54) is 0 Å². The van der Waals surface area contributed by atoms with E-state index in [-0.39, 0.29) is 5.91 Å². The van der Waals surface area contributed by atoms with Crippen molar-refractivity contribution < 1.29 is 9.53 Å². The van der Waals surface area contributed by atoms with E-state index in [4.69, 9.17) is 4.74 Å². The summed E-state index contributed by atoms with van der Waals surface area (Å²) in [4.78, 5) is 11.5. The van der Waals surface area contributed by atoms with Gasteiger partial charge in [-0.3, -0.25) is 4.79 Å². The topological polar surface area (TPSA) is 38.3 Å². The normalized spacial score (nSPS) is 14.8. The van der Waals surface area contributed by atoms with Gasteiger partial charge >= 0.3 is 0 Å².